The summed E-state index contributed by atoms with van der Waals surface area (Å²) in [5.74, 6) is 2.22. The molecule has 3 aromatic rings. The number of para-hydroxylation sites is 2. The van der Waals surface area contributed by atoms with Crippen LogP contribution in [0.1, 0.15) is 24.8 Å². The Morgan fingerprint density at radius 1 is 1.17 bits per heavy atom. The molecule has 29 heavy (non-hydrogen) atoms. The van der Waals surface area contributed by atoms with E-state index in [-0.39, 0.29) is 12.1 Å². The van der Waals surface area contributed by atoms with Gasteiger partial charge in [-0.05, 0) is 37.1 Å². The van der Waals surface area contributed by atoms with Crippen molar-refractivity contribution in [2.45, 2.75) is 18.9 Å². The highest BCUT2D eigenvalue weighted by Crippen LogP contribution is 2.33. The van der Waals surface area contributed by atoms with E-state index in [1.54, 1.807) is 31.3 Å². The lowest BCUT2D eigenvalue weighted by molar-refractivity contribution is 0.193. The molecule has 0 saturated carbocycles. The SMILES string of the molecule is COc1cccc(-c2noc([C@H]3CCCN3C(=O)Nc3ccccc3OC)n2)c1. The quantitative estimate of drug-likeness (QED) is 0.700. The van der Waals surface area contributed by atoms with Gasteiger partial charge in [0.25, 0.3) is 0 Å². The van der Waals surface area contributed by atoms with E-state index in [4.69, 9.17) is 14.0 Å². The molecule has 0 spiro atoms. The third-order valence-corrected chi connectivity index (χ3v) is 4.92. The van der Waals surface area contributed by atoms with Crippen LogP contribution in [0.5, 0.6) is 11.5 Å². The number of rotatable bonds is 5. The Bertz CT molecular complexity index is 1000. The molecule has 0 aliphatic carbocycles. The summed E-state index contributed by atoms with van der Waals surface area (Å²) in [6.45, 7) is 0.614. The molecule has 0 bridgehead atoms. The number of methoxy groups -OCH3 is 2. The zero-order valence-corrected chi connectivity index (χ0v) is 16.3. The van der Waals surface area contributed by atoms with Gasteiger partial charge in [0.2, 0.25) is 11.7 Å². The van der Waals surface area contributed by atoms with E-state index < -0.39 is 0 Å². The maximum atomic E-state index is 12.9. The molecule has 2 amide bonds. The van der Waals surface area contributed by atoms with Gasteiger partial charge in [-0.1, -0.05) is 29.4 Å². The third kappa shape index (κ3) is 3.87. The first-order chi connectivity index (χ1) is 14.2. The first-order valence-corrected chi connectivity index (χ1v) is 9.38. The molecule has 8 heteroatoms. The van der Waals surface area contributed by atoms with Crippen molar-refractivity contribution in [3.63, 3.8) is 0 Å². The van der Waals surface area contributed by atoms with E-state index >= 15 is 0 Å². The Kier molecular flexibility index (Phi) is 5.33. The van der Waals surface area contributed by atoms with Gasteiger partial charge in [-0.3, -0.25) is 0 Å². The second-order valence-corrected chi connectivity index (χ2v) is 6.67. The molecule has 2 aromatic carbocycles. The van der Waals surface area contributed by atoms with E-state index in [0.29, 0.717) is 35.4 Å². The van der Waals surface area contributed by atoms with Gasteiger partial charge in [-0.2, -0.15) is 4.98 Å². The second-order valence-electron chi connectivity index (χ2n) is 6.67. The number of hydrogen-bond acceptors (Lipinski definition) is 6. The van der Waals surface area contributed by atoms with Crippen molar-refractivity contribution in [2.75, 3.05) is 26.1 Å². The highest BCUT2D eigenvalue weighted by molar-refractivity contribution is 5.91. The van der Waals surface area contributed by atoms with Crippen LogP contribution in [-0.4, -0.2) is 41.8 Å². The molecule has 4 rings (SSSR count). The predicted octanol–water partition coefficient (Wildman–Crippen LogP) is 4.12. The lowest BCUT2D eigenvalue weighted by Crippen LogP contribution is -2.34. The number of benzene rings is 2. The molecular formula is C21H22N4O4. The molecule has 1 fully saturated rings. The molecule has 1 N–H and O–H groups in total. The zero-order valence-electron chi connectivity index (χ0n) is 16.3. The van der Waals surface area contributed by atoms with Gasteiger partial charge in [0.15, 0.2) is 0 Å². The van der Waals surface area contributed by atoms with Crippen molar-refractivity contribution in [3.8, 4) is 22.9 Å². The fraction of sp³-hybridized carbons (Fsp3) is 0.286. The largest absolute Gasteiger partial charge is 0.497 e. The number of urea groups is 1. The van der Waals surface area contributed by atoms with Gasteiger partial charge in [0.1, 0.15) is 17.5 Å². The second kappa shape index (κ2) is 8.22. The van der Waals surface area contributed by atoms with Gasteiger partial charge in [-0.25, -0.2) is 4.79 Å². The van der Waals surface area contributed by atoms with Crippen LogP contribution in [0.2, 0.25) is 0 Å². The van der Waals surface area contributed by atoms with Crippen LogP contribution in [-0.2, 0) is 0 Å². The average molecular weight is 394 g/mol. The predicted molar refractivity (Wildman–Crippen MR) is 107 cm³/mol. The Hall–Kier alpha value is -3.55. The van der Waals surface area contributed by atoms with Crippen molar-refractivity contribution in [1.29, 1.82) is 0 Å². The number of nitrogens with zero attached hydrogens (tertiary/aromatic N) is 3. The number of nitrogens with one attached hydrogen (secondary N) is 1. The van der Waals surface area contributed by atoms with E-state index in [2.05, 4.69) is 15.5 Å². The molecule has 1 atom stereocenters. The van der Waals surface area contributed by atoms with Crippen molar-refractivity contribution >= 4 is 11.7 Å². The average Bonchev–Trinajstić information content (AvgIpc) is 3.43. The highest BCUT2D eigenvalue weighted by atomic mass is 16.5. The third-order valence-electron chi connectivity index (χ3n) is 4.92. The van der Waals surface area contributed by atoms with Crippen molar-refractivity contribution < 1.29 is 18.8 Å². The maximum absolute atomic E-state index is 12.9. The molecule has 1 aliphatic heterocycles. The minimum Gasteiger partial charge on any atom is -0.497 e. The zero-order chi connectivity index (χ0) is 20.2. The molecule has 150 valence electrons. The van der Waals surface area contributed by atoms with Crippen LogP contribution in [0.4, 0.5) is 10.5 Å². The van der Waals surface area contributed by atoms with E-state index in [1.165, 1.54) is 0 Å². The molecular weight excluding hydrogens is 372 g/mol. The molecule has 1 aromatic heterocycles. The van der Waals surface area contributed by atoms with Gasteiger partial charge < -0.3 is 24.2 Å². The maximum Gasteiger partial charge on any atom is 0.322 e. The minimum absolute atomic E-state index is 0.224. The Morgan fingerprint density at radius 3 is 2.86 bits per heavy atom. The number of hydrogen-bond donors (Lipinski definition) is 1. The van der Waals surface area contributed by atoms with Crippen LogP contribution in [0.15, 0.2) is 53.1 Å². The van der Waals surface area contributed by atoms with Crippen LogP contribution in [0, 0.1) is 0 Å². The van der Waals surface area contributed by atoms with Crippen molar-refractivity contribution in [2.24, 2.45) is 0 Å². The van der Waals surface area contributed by atoms with Crippen molar-refractivity contribution in [1.82, 2.24) is 15.0 Å². The summed E-state index contributed by atoms with van der Waals surface area (Å²) in [4.78, 5) is 19.1. The van der Waals surface area contributed by atoms with Crippen LogP contribution < -0.4 is 14.8 Å². The summed E-state index contributed by atoms with van der Waals surface area (Å²) in [6, 6.07) is 14.3. The first-order valence-electron chi connectivity index (χ1n) is 9.38. The first kappa shape index (κ1) is 18.8. The molecule has 0 radical (unpaired) electrons. The number of carbonyl (C=O) groups is 1. The topological polar surface area (TPSA) is 89.7 Å². The van der Waals surface area contributed by atoms with Gasteiger partial charge in [0, 0.05) is 12.1 Å². The summed E-state index contributed by atoms with van der Waals surface area (Å²) in [5, 5.41) is 7.00. The molecule has 2 heterocycles. The van der Waals surface area contributed by atoms with E-state index in [9.17, 15) is 4.79 Å². The molecule has 0 unspecified atom stereocenters. The summed E-state index contributed by atoms with van der Waals surface area (Å²) >= 11 is 0. The highest BCUT2D eigenvalue weighted by Gasteiger charge is 2.34. The van der Waals surface area contributed by atoms with Gasteiger partial charge in [0.05, 0.1) is 19.9 Å². The minimum atomic E-state index is -0.267. The lowest BCUT2D eigenvalue weighted by Gasteiger charge is -2.22. The molecule has 8 nitrogen and oxygen atoms in total. The van der Waals surface area contributed by atoms with Crippen LogP contribution in [0.25, 0.3) is 11.4 Å². The van der Waals surface area contributed by atoms with E-state index in [0.717, 1.165) is 18.4 Å². The number of amides is 2. The Balaban J connectivity index is 1.52. The summed E-state index contributed by atoms with van der Waals surface area (Å²) < 4.78 is 16.1. The smallest absolute Gasteiger partial charge is 0.322 e. The number of aromatic nitrogens is 2. The summed E-state index contributed by atoms with van der Waals surface area (Å²) in [6.07, 6.45) is 1.62. The van der Waals surface area contributed by atoms with E-state index in [1.807, 2.05) is 36.4 Å². The summed E-state index contributed by atoms with van der Waals surface area (Å²) in [5.41, 5.74) is 1.41. The molecule has 1 saturated heterocycles. The van der Waals surface area contributed by atoms with Gasteiger partial charge >= 0.3 is 6.03 Å². The Morgan fingerprint density at radius 2 is 2.03 bits per heavy atom. The monoisotopic (exact) mass is 394 g/mol. The van der Waals surface area contributed by atoms with Crippen LogP contribution in [0.3, 0.4) is 0 Å². The number of ether oxygens (including phenoxy) is 2. The Labute approximate surface area is 168 Å². The number of carbonyl (C=O) groups excluding carboxylic acids is 1. The fourth-order valence-electron chi connectivity index (χ4n) is 3.45. The standard InChI is InChI=1S/C21H22N4O4/c1-27-15-8-5-7-14(13-15)19-23-20(29-24-19)17-10-6-12-25(17)21(26)22-16-9-3-4-11-18(16)28-2/h3-5,7-9,11,13,17H,6,10,12H2,1-2H3,(H,22,26)/t17-/m1/s1. The van der Waals surface area contributed by atoms with Crippen LogP contribution >= 0.6 is 0 Å². The molecule has 1 aliphatic rings. The normalized spacial score (nSPS) is 15.9. The lowest BCUT2D eigenvalue weighted by atomic mass is 10.2. The number of likely N-dealkylation sites (tertiary alicyclic amines) is 1. The van der Waals surface area contributed by atoms with Crippen molar-refractivity contribution in [3.05, 3.63) is 54.4 Å². The van der Waals surface area contributed by atoms with Gasteiger partial charge in [-0.15, -0.1) is 0 Å². The summed E-state index contributed by atoms with van der Waals surface area (Å²) in [7, 11) is 3.18. The number of anilines is 1. The fourth-order valence-corrected chi connectivity index (χ4v) is 3.45.